The van der Waals surface area contributed by atoms with Crippen LogP contribution in [-0.2, 0) is 11.3 Å². The van der Waals surface area contributed by atoms with E-state index >= 15 is 0 Å². The van der Waals surface area contributed by atoms with Gasteiger partial charge in [0.2, 0.25) is 0 Å². The van der Waals surface area contributed by atoms with Crippen molar-refractivity contribution in [2.24, 2.45) is 5.41 Å². The Morgan fingerprint density at radius 3 is 2.65 bits per heavy atom. The monoisotopic (exact) mass is 283 g/mol. The largest absolute Gasteiger partial charge is 0.492 e. The van der Waals surface area contributed by atoms with Crippen LogP contribution in [0, 0.1) is 11.2 Å². The number of nitrogens with one attached hydrogen (secondary N) is 1. The van der Waals surface area contributed by atoms with Crippen molar-refractivity contribution in [2.45, 2.75) is 40.3 Å². The van der Waals surface area contributed by atoms with E-state index in [-0.39, 0.29) is 18.5 Å². The highest BCUT2D eigenvalue weighted by Crippen LogP contribution is 2.23. The molecule has 0 saturated heterocycles. The Morgan fingerprint density at radius 1 is 1.45 bits per heavy atom. The Labute approximate surface area is 119 Å². The highest BCUT2D eigenvalue weighted by atomic mass is 19.1. The van der Waals surface area contributed by atoms with Crippen LogP contribution >= 0.6 is 0 Å². The number of benzene rings is 1. The number of hydrogen-bond donors (Lipinski definition) is 2. The number of carboxylic acid groups (broad SMARTS) is 1. The quantitative estimate of drug-likeness (QED) is 0.808. The van der Waals surface area contributed by atoms with Gasteiger partial charge in [-0.1, -0.05) is 13.8 Å². The lowest BCUT2D eigenvalue weighted by Gasteiger charge is -2.21. The van der Waals surface area contributed by atoms with Crippen LogP contribution in [0.5, 0.6) is 5.75 Å². The van der Waals surface area contributed by atoms with E-state index in [1.807, 2.05) is 13.8 Å². The average molecular weight is 283 g/mol. The zero-order chi connectivity index (χ0) is 15.3. The molecule has 1 aromatic carbocycles. The number of ether oxygens (including phenoxy) is 1. The Balaban J connectivity index is 2.81. The molecular weight excluding hydrogens is 261 g/mol. The first-order valence-electron chi connectivity index (χ1n) is 6.60. The summed E-state index contributed by atoms with van der Waals surface area (Å²) in [4.78, 5) is 11.0. The molecule has 0 aliphatic heterocycles. The lowest BCUT2D eigenvalue weighted by atomic mass is 9.95. The van der Waals surface area contributed by atoms with E-state index < -0.39 is 11.4 Å². The summed E-state index contributed by atoms with van der Waals surface area (Å²) in [6, 6.07) is 4.51. The van der Waals surface area contributed by atoms with Gasteiger partial charge in [-0.3, -0.25) is 4.79 Å². The molecule has 0 unspecified atom stereocenters. The zero-order valence-corrected chi connectivity index (χ0v) is 12.4. The number of aliphatic carboxylic acids is 1. The minimum Gasteiger partial charge on any atom is -0.492 e. The molecule has 0 radical (unpaired) electrons. The molecule has 0 aliphatic carbocycles. The zero-order valence-electron chi connectivity index (χ0n) is 12.4. The maximum Gasteiger partial charge on any atom is 0.312 e. The first-order valence-corrected chi connectivity index (χ1v) is 6.60. The predicted molar refractivity (Wildman–Crippen MR) is 75.3 cm³/mol. The molecule has 112 valence electrons. The van der Waals surface area contributed by atoms with Gasteiger partial charge in [-0.15, -0.1) is 0 Å². The van der Waals surface area contributed by atoms with Gasteiger partial charge in [-0.05, 0) is 32.0 Å². The van der Waals surface area contributed by atoms with E-state index in [2.05, 4.69) is 5.32 Å². The summed E-state index contributed by atoms with van der Waals surface area (Å²) < 4.78 is 18.9. The van der Waals surface area contributed by atoms with Crippen molar-refractivity contribution >= 4 is 5.97 Å². The SMILES string of the molecule is CC(C)NCc1cc(F)ccc1OCC(C)(C)C(=O)O. The van der Waals surface area contributed by atoms with Crippen molar-refractivity contribution in [1.29, 1.82) is 0 Å². The van der Waals surface area contributed by atoms with E-state index in [4.69, 9.17) is 9.84 Å². The molecule has 0 spiro atoms. The Morgan fingerprint density at radius 2 is 2.10 bits per heavy atom. The smallest absolute Gasteiger partial charge is 0.312 e. The maximum absolute atomic E-state index is 13.3. The molecule has 0 fully saturated rings. The topological polar surface area (TPSA) is 58.6 Å². The molecule has 1 rings (SSSR count). The van der Waals surface area contributed by atoms with Crippen molar-refractivity contribution in [2.75, 3.05) is 6.61 Å². The number of rotatable bonds is 7. The molecule has 4 nitrogen and oxygen atoms in total. The molecule has 2 N–H and O–H groups in total. The van der Waals surface area contributed by atoms with Gasteiger partial charge < -0.3 is 15.2 Å². The second-order valence-corrected chi connectivity index (χ2v) is 5.77. The second-order valence-electron chi connectivity index (χ2n) is 5.77. The molecule has 1 aromatic rings. The molecule has 20 heavy (non-hydrogen) atoms. The fourth-order valence-electron chi connectivity index (χ4n) is 1.46. The molecule has 0 aliphatic rings. The first kappa shape index (κ1) is 16.4. The standard InChI is InChI=1S/C15H22FNO3/c1-10(2)17-8-11-7-12(16)5-6-13(11)20-9-15(3,4)14(18)19/h5-7,10,17H,8-9H2,1-4H3,(H,18,19). The van der Waals surface area contributed by atoms with Crippen molar-refractivity contribution in [3.63, 3.8) is 0 Å². The number of carboxylic acids is 1. The van der Waals surface area contributed by atoms with Crippen molar-refractivity contribution in [1.82, 2.24) is 5.32 Å². The normalized spacial score (nSPS) is 11.7. The van der Waals surface area contributed by atoms with Crippen LogP contribution < -0.4 is 10.1 Å². The van der Waals surface area contributed by atoms with Crippen LogP contribution in [0.3, 0.4) is 0 Å². The summed E-state index contributed by atoms with van der Waals surface area (Å²) in [5.41, 5.74) is -0.309. The third kappa shape index (κ3) is 4.81. The number of hydrogen-bond acceptors (Lipinski definition) is 3. The number of carbonyl (C=O) groups is 1. The van der Waals surface area contributed by atoms with Gasteiger partial charge in [0, 0.05) is 18.2 Å². The summed E-state index contributed by atoms with van der Waals surface area (Å²) >= 11 is 0. The molecule has 5 heteroatoms. The minimum absolute atomic E-state index is 0.0304. The lowest BCUT2D eigenvalue weighted by molar-refractivity contribution is -0.148. The van der Waals surface area contributed by atoms with Gasteiger partial charge in [0.05, 0.1) is 5.41 Å². The summed E-state index contributed by atoms with van der Waals surface area (Å²) in [6.45, 7) is 7.66. The van der Waals surface area contributed by atoms with E-state index in [0.717, 1.165) is 0 Å². The fourth-order valence-corrected chi connectivity index (χ4v) is 1.46. The van der Waals surface area contributed by atoms with Gasteiger partial charge in [-0.2, -0.15) is 0 Å². The third-order valence-corrected chi connectivity index (χ3v) is 2.89. The van der Waals surface area contributed by atoms with E-state index in [1.54, 1.807) is 13.8 Å². The summed E-state index contributed by atoms with van der Waals surface area (Å²) in [7, 11) is 0. The van der Waals surface area contributed by atoms with E-state index in [1.165, 1.54) is 18.2 Å². The second kappa shape index (κ2) is 6.70. The Bertz CT molecular complexity index is 472. The van der Waals surface area contributed by atoms with Gasteiger partial charge in [-0.25, -0.2) is 4.39 Å². The molecular formula is C15H22FNO3. The molecule has 0 aromatic heterocycles. The predicted octanol–water partition coefficient (Wildman–Crippen LogP) is 2.81. The highest BCUT2D eigenvalue weighted by Gasteiger charge is 2.28. The van der Waals surface area contributed by atoms with Crippen LogP contribution in [0.4, 0.5) is 4.39 Å². The minimum atomic E-state index is -0.989. The summed E-state index contributed by atoms with van der Waals surface area (Å²) in [5, 5.41) is 12.2. The van der Waals surface area contributed by atoms with Crippen LogP contribution in [0.1, 0.15) is 33.3 Å². The van der Waals surface area contributed by atoms with Gasteiger partial charge >= 0.3 is 5.97 Å². The van der Waals surface area contributed by atoms with Crippen LogP contribution in [0.2, 0.25) is 0 Å². The maximum atomic E-state index is 13.3. The van der Waals surface area contributed by atoms with E-state index in [9.17, 15) is 9.18 Å². The Kier molecular flexibility index (Phi) is 5.51. The number of halogens is 1. The van der Waals surface area contributed by atoms with Crippen molar-refractivity contribution in [3.05, 3.63) is 29.6 Å². The Hall–Kier alpha value is -1.62. The fraction of sp³-hybridized carbons (Fsp3) is 0.533. The molecule has 0 saturated carbocycles. The van der Waals surface area contributed by atoms with Crippen molar-refractivity contribution in [3.8, 4) is 5.75 Å². The first-order chi connectivity index (χ1) is 9.22. The molecule has 0 atom stereocenters. The van der Waals surface area contributed by atoms with Crippen LogP contribution in [-0.4, -0.2) is 23.7 Å². The van der Waals surface area contributed by atoms with Gasteiger partial charge in [0.25, 0.3) is 0 Å². The third-order valence-electron chi connectivity index (χ3n) is 2.89. The molecule has 0 amide bonds. The molecule has 0 heterocycles. The van der Waals surface area contributed by atoms with Crippen molar-refractivity contribution < 1.29 is 19.0 Å². The molecule has 0 bridgehead atoms. The highest BCUT2D eigenvalue weighted by molar-refractivity contribution is 5.73. The lowest BCUT2D eigenvalue weighted by Crippen LogP contribution is -2.31. The van der Waals surface area contributed by atoms with Gasteiger partial charge in [0.1, 0.15) is 18.2 Å². The summed E-state index contributed by atoms with van der Waals surface area (Å²) in [5.74, 6) is -0.759. The van der Waals surface area contributed by atoms with E-state index in [0.29, 0.717) is 17.9 Å². The van der Waals surface area contributed by atoms with Crippen LogP contribution in [0.25, 0.3) is 0 Å². The summed E-state index contributed by atoms with van der Waals surface area (Å²) in [6.07, 6.45) is 0. The average Bonchev–Trinajstić information content (AvgIpc) is 2.34. The van der Waals surface area contributed by atoms with Gasteiger partial charge in [0.15, 0.2) is 0 Å². The van der Waals surface area contributed by atoms with Crippen LogP contribution in [0.15, 0.2) is 18.2 Å².